The molecule has 7 nitrogen and oxygen atoms in total. The van der Waals surface area contributed by atoms with E-state index in [1.165, 1.54) is 7.11 Å². The van der Waals surface area contributed by atoms with Crippen LogP contribution in [0.5, 0.6) is 6.01 Å². The summed E-state index contributed by atoms with van der Waals surface area (Å²) in [5.74, 6) is 0.443. The summed E-state index contributed by atoms with van der Waals surface area (Å²) >= 11 is 5.80. The van der Waals surface area contributed by atoms with Gasteiger partial charge in [-0.1, -0.05) is 0 Å². The Morgan fingerprint density at radius 3 is 2.84 bits per heavy atom. The Hall–Kier alpha value is -1.18. The first-order valence-electron chi connectivity index (χ1n) is 6.16. The molecule has 2 heterocycles. The summed E-state index contributed by atoms with van der Waals surface area (Å²) in [7, 11) is 5.75. The van der Waals surface area contributed by atoms with Crippen molar-refractivity contribution in [3.8, 4) is 6.01 Å². The quantitative estimate of drug-likeness (QED) is 0.847. The second-order valence-electron chi connectivity index (χ2n) is 4.69. The van der Waals surface area contributed by atoms with Gasteiger partial charge in [0.05, 0.1) is 7.11 Å². The Balaban J connectivity index is 1.96. The van der Waals surface area contributed by atoms with E-state index in [-0.39, 0.29) is 11.3 Å². The van der Waals surface area contributed by atoms with Gasteiger partial charge in [-0.15, -0.1) is 0 Å². The normalized spacial score (nSPS) is 21.4. The van der Waals surface area contributed by atoms with E-state index in [0.717, 1.165) is 26.2 Å². The highest BCUT2D eigenvalue weighted by Gasteiger charge is 2.22. The fourth-order valence-electron chi connectivity index (χ4n) is 2.03. The molecule has 19 heavy (non-hydrogen) atoms. The van der Waals surface area contributed by atoms with Crippen LogP contribution in [0.25, 0.3) is 0 Å². The molecule has 0 amide bonds. The zero-order valence-electron chi connectivity index (χ0n) is 11.4. The maximum absolute atomic E-state index is 5.80. The molecule has 0 aliphatic carbocycles. The molecule has 1 aliphatic rings. The minimum atomic E-state index is 0.128. The number of hydrogen-bond donors (Lipinski definition) is 1. The summed E-state index contributed by atoms with van der Waals surface area (Å²) in [6.07, 6.45) is 0. The molecule has 1 aromatic rings. The van der Waals surface area contributed by atoms with E-state index >= 15 is 0 Å². The second-order valence-corrected chi connectivity index (χ2v) is 5.03. The summed E-state index contributed by atoms with van der Waals surface area (Å²) in [4.78, 5) is 16.6. The van der Waals surface area contributed by atoms with Crippen molar-refractivity contribution in [1.82, 2.24) is 24.8 Å². The van der Waals surface area contributed by atoms with Gasteiger partial charge in [-0.05, 0) is 25.7 Å². The third-order valence-electron chi connectivity index (χ3n) is 3.25. The van der Waals surface area contributed by atoms with E-state index in [4.69, 9.17) is 16.3 Å². The van der Waals surface area contributed by atoms with Crippen LogP contribution in [-0.4, -0.2) is 78.2 Å². The second kappa shape index (κ2) is 6.31. The molecule has 1 unspecified atom stereocenters. The maximum atomic E-state index is 5.80. The number of nitrogens with zero attached hydrogens (tertiary/aromatic N) is 5. The first-order valence-corrected chi connectivity index (χ1v) is 6.54. The molecule has 1 aromatic heterocycles. The largest absolute Gasteiger partial charge is 0.467 e. The minimum Gasteiger partial charge on any atom is -0.467 e. The van der Waals surface area contributed by atoms with Gasteiger partial charge in [-0.25, -0.2) is 0 Å². The van der Waals surface area contributed by atoms with E-state index in [2.05, 4.69) is 44.2 Å². The first kappa shape index (κ1) is 14.2. The fraction of sp³-hybridized carbons (Fsp3) is 0.727. The number of likely N-dealkylation sites (N-methyl/N-ethyl adjacent to an activating group) is 2. The number of hydrogen-bond acceptors (Lipinski definition) is 7. The summed E-state index contributed by atoms with van der Waals surface area (Å²) in [5.41, 5.74) is 0. The van der Waals surface area contributed by atoms with Crippen molar-refractivity contribution >= 4 is 17.5 Å². The number of halogens is 1. The smallest absolute Gasteiger partial charge is 0.322 e. The van der Waals surface area contributed by atoms with Crippen molar-refractivity contribution in [2.24, 2.45) is 0 Å². The average Bonchev–Trinajstić information content (AvgIpc) is 2.39. The molecular formula is C11H19ClN6O. The van der Waals surface area contributed by atoms with Crippen molar-refractivity contribution < 1.29 is 4.74 Å². The topological polar surface area (TPSA) is 66.4 Å². The van der Waals surface area contributed by atoms with Crippen molar-refractivity contribution in [3.63, 3.8) is 0 Å². The molecule has 0 bridgehead atoms. The van der Waals surface area contributed by atoms with E-state index in [9.17, 15) is 0 Å². The number of nitrogens with one attached hydrogen (secondary N) is 1. The van der Waals surface area contributed by atoms with E-state index < -0.39 is 0 Å². The molecule has 106 valence electrons. The van der Waals surface area contributed by atoms with E-state index in [0.29, 0.717) is 12.0 Å². The molecule has 1 fully saturated rings. The summed E-state index contributed by atoms with van der Waals surface area (Å²) < 4.78 is 4.96. The molecular weight excluding hydrogens is 268 g/mol. The number of methoxy groups -OCH3 is 1. The number of anilines is 1. The number of rotatable bonds is 4. The van der Waals surface area contributed by atoms with Crippen LogP contribution < -0.4 is 10.1 Å². The summed E-state index contributed by atoms with van der Waals surface area (Å²) in [6.45, 7) is 3.92. The van der Waals surface area contributed by atoms with Gasteiger partial charge in [-0.3, -0.25) is 4.90 Å². The SMILES string of the molecule is COc1nc(Cl)nc(NCC2CN(C)CCN2C)n1. The highest BCUT2D eigenvalue weighted by molar-refractivity contribution is 6.28. The Morgan fingerprint density at radius 2 is 2.11 bits per heavy atom. The zero-order valence-corrected chi connectivity index (χ0v) is 12.2. The van der Waals surface area contributed by atoms with Crippen LogP contribution in [0.15, 0.2) is 0 Å². The molecule has 1 N–H and O–H groups in total. The van der Waals surface area contributed by atoms with Gasteiger partial charge >= 0.3 is 6.01 Å². The third-order valence-corrected chi connectivity index (χ3v) is 3.42. The predicted molar refractivity (Wildman–Crippen MR) is 73.8 cm³/mol. The molecule has 0 radical (unpaired) electrons. The molecule has 0 spiro atoms. The van der Waals surface area contributed by atoms with Gasteiger partial charge in [0.2, 0.25) is 11.2 Å². The van der Waals surface area contributed by atoms with Crippen LogP contribution in [0, 0.1) is 0 Å². The Kier molecular flexibility index (Phi) is 4.73. The van der Waals surface area contributed by atoms with Gasteiger partial charge in [0.15, 0.2) is 0 Å². The Labute approximate surface area is 117 Å². The van der Waals surface area contributed by atoms with Crippen molar-refractivity contribution in [2.75, 3.05) is 52.7 Å². The predicted octanol–water partition coefficient (Wildman–Crippen LogP) is 0.191. The van der Waals surface area contributed by atoms with Crippen molar-refractivity contribution in [2.45, 2.75) is 6.04 Å². The highest BCUT2D eigenvalue weighted by Crippen LogP contribution is 2.12. The van der Waals surface area contributed by atoms with Crippen LogP contribution in [-0.2, 0) is 0 Å². The Bertz CT molecular complexity index is 432. The molecule has 0 saturated carbocycles. The monoisotopic (exact) mass is 286 g/mol. The number of aromatic nitrogens is 3. The minimum absolute atomic E-state index is 0.128. The number of ether oxygens (including phenoxy) is 1. The molecule has 1 aliphatic heterocycles. The average molecular weight is 287 g/mol. The van der Waals surface area contributed by atoms with Gasteiger partial charge in [0, 0.05) is 32.2 Å². The summed E-state index contributed by atoms with van der Waals surface area (Å²) in [6, 6.07) is 0.636. The van der Waals surface area contributed by atoms with E-state index in [1.807, 2.05) is 0 Å². The van der Waals surface area contributed by atoms with Crippen LogP contribution >= 0.6 is 11.6 Å². The van der Waals surface area contributed by atoms with Gasteiger partial charge in [-0.2, -0.15) is 15.0 Å². The molecule has 0 aromatic carbocycles. The number of piperazine rings is 1. The van der Waals surface area contributed by atoms with Crippen molar-refractivity contribution in [3.05, 3.63) is 5.28 Å². The fourth-order valence-corrected chi connectivity index (χ4v) is 2.19. The standard InChI is InChI=1S/C11H19ClN6O/c1-17-4-5-18(2)8(7-17)6-13-10-14-9(12)15-11(16-10)19-3/h8H,4-7H2,1-3H3,(H,13,14,15,16). The first-order chi connectivity index (χ1) is 9.08. The maximum Gasteiger partial charge on any atom is 0.322 e. The summed E-state index contributed by atoms with van der Waals surface area (Å²) in [5, 5.41) is 3.31. The van der Waals surface area contributed by atoms with Gasteiger partial charge in [0.25, 0.3) is 0 Å². The van der Waals surface area contributed by atoms with Crippen LogP contribution in [0.1, 0.15) is 0 Å². The molecule has 8 heteroatoms. The molecule has 1 saturated heterocycles. The molecule has 2 rings (SSSR count). The van der Waals surface area contributed by atoms with Gasteiger partial charge in [0.1, 0.15) is 0 Å². The Morgan fingerprint density at radius 1 is 1.32 bits per heavy atom. The van der Waals surface area contributed by atoms with Crippen LogP contribution in [0.2, 0.25) is 5.28 Å². The lowest BCUT2D eigenvalue weighted by atomic mass is 10.2. The van der Waals surface area contributed by atoms with Crippen LogP contribution in [0.3, 0.4) is 0 Å². The van der Waals surface area contributed by atoms with E-state index in [1.54, 1.807) is 0 Å². The lowest BCUT2D eigenvalue weighted by Crippen LogP contribution is -2.52. The van der Waals surface area contributed by atoms with Crippen molar-refractivity contribution in [1.29, 1.82) is 0 Å². The van der Waals surface area contributed by atoms with Gasteiger partial charge < -0.3 is 15.0 Å². The highest BCUT2D eigenvalue weighted by atomic mass is 35.5. The lowest BCUT2D eigenvalue weighted by molar-refractivity contribution is 0.121. The zero-order chi connectivity index (χ0) is 13.8. The lowest BCUT2D eigenvalue weighted by Gasteiger charge is -2.37. The third kappa shape index (κ3) is 3.89. The van der Waals surface area contributed by atoms with Crippen LogP contribution in [0.4, 0.5) is 5.95 Å². The molecule has 1 atom stereocenters.